The van der Waals surface area contributed by atoms with Gasteiger partial charge in [0.15, 0.2) is 0 Å². The summed E-state index contributed by atoms with van der Waals surface area (Å²) in [5, 5.41) is 1.03. The number of nitrogens with two attached hydrogens (primary N) is 2. The molecule has 0 spiro atoms. The molecule has 0 bridgehead atoms. The van der Waals surface area contributed by atoms with Gasteiger partial charge in [-0.2, -0.15) is 4.99 Å². The van der Waals surface area contributed by atoms with Gasteiger partial charge in [-0.15, -0.1) is 0 Å². The largest absolute Gasteiger partial charge is 0.369 e. The number of halogens is 2. The van der Waals surface area contributed by atoms with Crippen molar-refractivity contribution in [1.29, 1.82) is 0 Å². The van der Waals surface area contributed by atoms with Crippen LogP contribution < -0.4 is 11.5 Å². The van der Waals surface area contributed by atoms with Crippen molar-refractivity contribution < 1.29 is 0 Å². The van der Waals surface area contributed by atoms with E-state index in [-0.39, 0.29) is 5.96 Å². The molecule has 0 saturated carbocycles. The van der Waals surface area contributed by atoms with Crippen LogP contribution in [0.25, 0.3) is 0 Å². The summed E-state index contributed by atoms with van der Waals surface area (Å²) in [6.45, 7) is 4.36. The van der Waals surface area contributed by atoms with E-state index in [1.807, 2.05) is 24.8 Å². The Morgan fingerprint density at radius 3 is 2.47 bits per heavy atom. The topological polar surface area (TPSA) is 80.0 Å². The normalized spacial score (nSPS) is 18.0. The molecule has 0 fully saturated rings. The first-order valence-corrected chi connectivity index (χ1v) is 6.46. The molecule has 1 aromatic carbocycles. The molecule has 0 radical (unpaired) electrons. The Bertz CT molecular complexity index is 565. The van der Waals surface area contributed by atoms with Gasteiger partial charge in [-0.05, 0) is 31.5 Å². The van der Waals surface area contributed by atoms with E-state index in [1.54, 1.807) is 12.1 Å². The molecule has 0 saturated heterocycles. The molecule has 19 heavy (non-hydrogen) atoms. The quantitative estimate of drug-likeness (QED) is 0.878. The van der Waals surface area contributed by atoms with Crippen molar-refractivity contribution in [1.82, 2.24) is 4.90 Å². The van der Waals surface area contributed by atoms with Crippen molar-refractivity contribution in [3.63, 3.8) is 0 Å². The van der Waals surface area contributed by atoms with Crippen LogP contribution in [-0.4, -0.2) is 22.5 Å². The Labute approximate surface area is 121 Å². The van der Waals surface area contributed by atoms with Gasteiger partial charge < -0.3 is 16.4 Å². The van der Waals surface area contributed by atoms with Crippen LogP contribution in [0, 0.1) is 0 Å². The minimum Gasteiger partial charge on any atom is -0.369 e. The summed E-state index contributed by atoms with van der Waals surface area (Å²) >= 11 is 11.9. The van der Waals surface area contributed by atoms with E-state index in [4.69, 9.17) is 34.7 Å². The molecule has 102 valence electrons. The molecule has 0 aromatic heterocycles. The van der Waals surface area contributed by atoms with Crippen molar-refractivity contribution in [3.8, 4) is 0 Å². The van der Waals surface area contributed by atoms with Gasteiger partial charge in [-0.1, -0.05) is 29.3 Å². The fourth-order valence-corrected chi connectivity index (χ4v) is 2.24. The number of hydrogen-bond acceptors (Lipinski definition) is 5. The van der Waals surface area contributed by atoms with Crippen molar-refractivity contribution in [2.24, 2.45) is 21.5 Å². The first-order chi connectivity index (χ1) is 8.79. The van der Waals surface area contributed by atoms with Crippen molar-refractivity contribution in [2.45, 2.75) is 26.1 Å². The van der Waals surface area contributed by atoms with Crippen LogP contribution in [0.4, 0.5) is 0 Å². The molecule has 4 N–H and O–H groups in total. The molecule has 1 aliphatic rings. The fraction of sp³-hybridized carbons (Fsp3) is 0.333. The van der Waals surface area contributed by atoms with Crippen LogP contribution in [-0.2, 0) is 6.54 Å². The third-order valence-corrected chi connectivity index (χ3v) is 3.62. The highest BCUT2D eigenvalue weighted by Gasteiger charge is 2.31. The van der Waals surface area contributed by atoms with E-state index in [0.29, 0.717) is 22.5 Å². The minimum atomic E-state index is -0.554. The first kappa shape index (κ1) is 14.0. The zero-order valence-corrected chi connectivity index (χ0v) is 12.2. The highest BCUT2D eigenvalue weighted by Crippen LogP contribution is 2.26. The van der Waals surface area contributed by atoms with Gasteiger partial charge in [0, 0.05) is 6.54 Å². The van der Waals surface area contributed by atoms with Crippen molar-refractivity contribution in [3.05, 3.63) is 33.8 Å². The summed E-state index contributed by atoms with van der Waals surface area (Å²) in [7, 11) is 0. The van der Waals surface area contributed by atoms with Crippen LogP contribution in [0.2, 0.25) is 10.0 Å². The zero-order valence-electron chi connectivity index (χ0n) is 10.7. The summed E-state index contributed by atoms with van der Waals surface area (Å²) in [4.78, 5) is 10.1. The molecule has 0 unspecified atom stereocenters. The maximum absolute atomic E-state index is 6.00. The van der Waals surface area contributed by atoms with Gasteiger partial charge in [0.2, 0.25) is 11.9 Å². The highest BCUT2D eigenvalue weighted by atomic mass is 35.5. The maximum atomic E-state index is 6.00. The van der Waals surface area contributed by atoms with Gasteiger partial charge in [0.1, 0.15) is 5.66 Å². The smallest absolute Gasteiger partial charge is 0.220 e. The van der Waals surface area contributed by atoms with Gasteiger partial charge >= 0.3 is 0 Å². The van der Waals surface area contributed by atoms with Gasteiger partial charge in [0.25, 0.3) is 0 Å². The third-order valence-electron chi connectivity index (χ3n) is 2.88. The Balaban J connectivity index is 2.27. The number of aliphatic imine (C=N–C) groups is 2. The summed E-state index contributed by atoms with van der Waals surface area (Å²) < 4.78 is 0. The molecule has 0 atom stereocenters. The van der Waals surface area contributed by atoms with E-state index in [9.17, 15) is 0 Å². The molecule has 1 aliphatic heterocycles. The summed E-state index contributed by atoms with van der Waals surface area (Å²) in [5.74, 6) is 0.525. The lowest BCUT2D eigenvalue weighted by Crippen LogP contribution is -2.53. The lowest BCUT2D eigenvalue weighted by Gasteiger charge is -2.38. The summed E-state index contributed by atoms with van der Waals surface area (Å²) in [5.41, 5.74) is 11.9. The van der Waals surface area contributed by atoms with Crippen LogP contribution in [0.15, 0.2) is 28.2 Å². The second kappa shape index (κ2) is 4.90. The predicted molar refractivity (Wildman–Crippen MR) is 79.3 cm³/mol. The maximum Gasteiger partial charge on any atom is 0.220 e. The summed E-state index contributed by atoms with van der Waals surface area (Å²) in [6, 6.07) is 5.44. The monoisotopic (exact) mass is 299 g/mol. The molecule has 1 heterocycles. The van der Waals surface area contributed by atoms with Crippen LogP contribution in [0.5, 0.6) is 0 Å². The lowest BCUT2D eigenvalue weighted by molar-refractivity contribution is 0.210. The second-order valence-electron chi connectivity index (χ2n) is 4.77. The predicted octanol–water partition coefficient (Wildman–Crippen LogP) is 2.17. The summed E-state index contributed by atoms with van der Waals surface area (Å²) in [6.07, 6.45) is 0. The zero-order chi connectivity index (χ0) is 14.2. The number of benzene rings is 1. The number of hydrogen-bond donors (Lipinski definition) is 2. The van der Waals surface area contributed by atoms with E-state index >= 15 is 0 Å². The highest BCUT2D eigenvalue weighted by molar-refractivity contribution is 6.42. The average molecular weight is 300 g/mol. The van der Waals surface area contributed by atoms with Crippen LogP contribution in [0.1, 0.15) is 19.4 Å². The standard InChI is InChI=1S/C12H15Cl2N5/c1-12(2)18-10(15)17-11(16)19(12)6-7-3-4-8(13)9(14)5-7/h3-5H,6H2,1-2H3,(H4,15,16,17,18). The van der Waals surface area contributed by atoms with Gasteiger partial charge in [0.05, 0.1) is 10.0 Å². The van der Waals surface area contributed by atoms with Crippen molar-refractivity contribution >= 4 is 35.1 Å². The number of nitrogens with zero attached hydrogens (tertiary/aromatic N) is 3. The number of guanidine groups is 2. The Morgan fingerprint density at radius 2 is 1.89 bits per heavy atom. The van der Waals surface area contributed by atoms with Crippen LogP contribution in [0.3, 0.4) is 0 Å². The lowest BCUT2D eigenvalue weighted by atomic mass is 10.1. The molecule has 0 amide bonds. The van der Waals surface area contributed by atoms with E-state index in [1.165, 1.54) is 0 Å². The molecular weight excluding hydrogens is 285 g/mol. The van der Waals surface area contributed by atoms with E-state index in [2.05, 4.69) is 9.98 Å². The third kappa shape index (κ3) is 2.93. The molecule has 0 aliphatic carbocycles. The molecular formula is C12H15Cl2N5. The van der Waals surface area contributed by atoms with E-state index in [0.717, 1.165) is 5.56 Å². The number of rotatable bonds is 2. The average Bonchev–Trinajstić information content (AvgIpc) is 2.27. The molecule has 2 rings (SSSR count). The Hall–Kier alpha value is -1.46. The minimum absolute atomic E-state index is 0.188. The first-order valence-electron chi connectivity index (χ1n) is 5.70. The second-order valence-corrected chi connectivity index (χ2v) is 5.58. The molecule has 1 aromatic rings. The van der Waals surface area contributed by atoms with E-state index < -0.39 is 5.66 Å². The SMILES string of the molecule is CC1(C)N=C(N)N=C(N)N1Cc1ccc(Cl)c(Cl)c1. The van der Waals surface area contributed by atoms with Gasteiger partial charge in [-0.3, -0.25) is 0 Å². The van der Waals surface area contributed by atoms with Crippen LogP contribution >= 0.6 is 23.2 Å². The molecule has 5 nitrogen and oxygen atoms in total. The van der Waals surface area contributed by atoms with Crippen molar-refractivity contribution in [2.75, 3.05) is 0 Å². The Morgan fingerprint density at radius 1 is 1.21 bits per heavy atom. The Kier molecular flexibility index (Phi) is 3.60. The fourth-order valence-electron chi connectivity index (χ4n) is 1.92. The van der Waals surface area contributed by atoms with Gasteiger partial charge in [-0.25, -0.2) is 4.99 Å². The molecule has 7 heteroatoms.